The number of hydrogen-bond acceptors (Lipinski definition) is 5. The molecule has 2 heterocycles. The Hall–Kier alpha value is -2.77. The zero-order valence-electron chi connectivity index (χ0n) is 14.7. The molecule has 4 rings (SSSR count). The van der Waals surface area contributed by atoms with Crippen molar-refractivity contribution in [2.75, 3.05) is 6.61 Å². The molecule has 0 bridgehead atoms. The summed E-state index contributed by atoms with van der Waals surface area (Å²) in [5, 5.41) is 11.7. The van der Waals surface area contributed by atoms with Crippen LogP contribution in [-0.2, 0) is 11.3 Å². The van der Waals surface area contributed by atoms with Crippen molar-refractivity contribution in [3.05, 3.63) is 76.3 Å². The number of nitrogens with zero attached hydrogens (tertiary/aromatic N) is 3. The van der Waals surface area contributed by atoms with Crippen LogP contribution in [0.5, 0.6) is 5.75 Å². The van der Waals surface area contributed by atoms with E-state index in [0.717, 1.165) is 36.3 Å². The van der Waals surface area contributed by atoms with Crippen LogP contribution in [0, 0.1) is 4.77 Å². The lowest BCUT2D eigenvalue weighted by molar-refractivity contribution is 0.102. The lowest BCUT2D eigenvalue weighted by atomic mass is 10.1. The van der Waals surface area contributed by atoms with Crippen molar-refractivity contribution >= 4 is 18.4 Å². The van der Waals surface area contributed by atoms with Crippen LogP contribution in [0.1, 0.15) is 35.9 Å². The second-order valence-corrected chi connectivity index (χ2v) is 6.63. The second-order valence-electron chi connectivity index (χ2n) is 6.25. The molecular formula is C20H20N4O2S. The molecule has 0 amide bonds. The Balaban J connectivity index is 1.55. The van der Waals surface area contributed by atoms with Crippen LogP contribution < -0.4 is 4.74 Å². The number of H-pyrrole nitrogens is 1. The monoisotopic (exact) mass is 380 g/mol. The minimum Gasteiger partial charge on any atom is -0.489 e. The Labute approximate surface area is 162 Å². The number of para-hydroxylation sites is 1. The van der Waals surface area contributed by atoms with Crippen LogP contribution >= 0.6 is 12.2 Å². The summed E-state index contributed by atoms with van der Waals surface area (Å²) in [5.74, 6) is 1.55. The maximum absolute atomic E-state index is 5.87. The Morgan fingerprint density at radius 3 is 2.85 bits per heavy atom. The number of aromatic nitrogens is 3. The van der Waals surface area contributed by atoms with E-state index in [9.17, 15) is 0 Å². The number of aromatic amines is 1. The van der Waals surface area contributed by atoms with Gasteiger partial charge in [0, 0.05) is 12.2 Å². The third-order valence-corrected chi connectivity index (χ3v) is 4.66. The zero-order valence-corrected chi connectivity index (χ0v) is 15.6. The van der Waals surface area contributed by atoms with Gasteiger partial charge in [-0.2, -0.15) is 14.9 Å². The third-order valence-electron chi connectivity index (χ3n) is 4.40. The van der Waals surface area contributed by atoms with Gasteiger partial charge in [0.15, 0.2) is 5.82 Å². The minimum atomic E-state index is -0.0632. The topological polar surface area (TPSA) is 64.4 Å². The molecule has 1 N–H and O–H groups in total. The van der Waals surface area contributed by atoms with Gasteiger partial charge in [-0.25, -0.2) is 0 Å². The van der Waals surface area contributed by atoms with Gasteiger partial charge >= 0.3 is 0 Å². The second kappa shape index (κ2) is 8.28. The van der Waals surface area contributed by atoms with Crippen LogP contribution in [0.2, 0.25) is 0 Å². The van der Waals surface area contributed by atoms with E-state index >= 15 is 0 Å². The summed E-state index contributed by atoms with van der Waals surface area (Å²) in [6.07, 6.45) is 3.67. The lowest BCUT2D eigenvalue weighted by Crippen LogP contribution is -2.06. The van der Waals surface area contributed by atoms with Crippen LogP contribution in [0.15, 0.2) is 59.7 Å². The van der Waals surface area contributed by atoms with Gasteiger partial charge in [-0.3, -0.25) is 5.10 Å². The Kier molecular flexibility index (Phi) is 5.41. The van der Waals surface area contributed by atoms with E-state index in [2.05, 4.69) is 15.3 Å². The van der Waals surface area contributed by atoms with E-state index in [-0.39, 0.29) is 6.10 Å². The Morgan fingerprint density at radius 2 is 2.04 bits per heavy atom. The highest BCUT2D eigenvalue weighted by Crippen LogP contribution is 2.27. The smallest absolute Gasteiger partial charge is 0.216 e. The molecule has 1 aliphatic rings. The maximum atomic E-state index is 5.87. The van der Waals surface area contributed by atoms with Crippen molar-refractivity contribution < 1.29 is 9.47 Å². The van der Waals surface area contributed by atoms with Gasteiger partial charge in [0.2, 0.25) is 4.77 Å². The average Bonchev–Trinajstić information content (AvgIpc) is 3.36. The molecule has 27 heavy (non-hydrogen) atoms. The van der Waals surface area contributed by atoms with Gasteiger partial charge in [-0.15, -0.1) is 0 Å². The first kappa shape index (κ1) is 17.6. The predicted octanol–water partition coefficient (Wildman–Crippen LogP) is 4.25. The first-order valence-electron chi connectivity index (χ1n) is 8.90. The highest BCUT2D eigenvalue weighted by Gasteiger charge is 2.23. The van der Waals surface area contributed by atoms with Crippen LogP contribution in [0.25, 0.3) is 0 Å². The Morgan fingerprint density at radius 1 is 1.22 bits per heavy atom. The normalized spacial score (nSPS) is 16.8. The van der Waals surface area contributed by atoms with Gasteiger partial charge in [-0.05, 0) is 42.8 Å². The molecule has 1 fully saturated rings. The van der Waals surface area contributed by atoms with Gasteiger partial charge in [-0.1, -0.05) is 42.5 Å². The van der Waals surface area contributed by atoms with E-state index in [4.69, 9.17) is 21.7 Å². The van der Waals surface area contributed by atoms with Gasteiger partial charge in [0.1, 0.15) is 18.5 Å². The number of benzene rings is 2. The molecule has 0 aliphatic carbocycles. The fraction of sp³-hybridized carbons (Fsp3) is 0.250. The molecule has 138 valence electrons. The summed E-state index contributed by atoms with van der Waals surface area (Å²) >= 11 is 5.32. The molecule has 1 aromatic heterocycles. The number of hydrogen-bond donors (Lipinski definition) is 1. The van der Waals surface area contributed by atoms with Crippen molar-refractivity contribution in [2.45, 2.75) is 25.6 Å². The molecule has 1 unspecified atom stereocenters. The summed E-state index contributed by atoms with van der Waals surface area (Å²) in [5.41, 5.74) is 2.01. The molecule has 2 aromatic carbocycles. The van der Waals surface area contributed by atoms with E-state index in [1.54, 1.807) is 10.9 Å². The van der Waals surface area contributed by atoms with Gasteiger partial charge in [0.25, 0.3) is 0 Å². The van der Waals surface area contributed by atoms with Gasteiger partial charge < -0.3 is 9.47 Å². The van der Waals surface area contributed by atoms with Crippen molar-refractivity contribution in [2.24, 2.45) is 5.10 Å². The first-order chi connectivity index (χ1) is 13.3. The molecule has 0 radical (unpaired) electrons. The molecule has 0 spiro atoms. The fourth-order valence-electron chi connectivity index (χ4n) is 2.99. The number of ether oxygens (including phenoxy) is 2. The minimum absolute atomic E-state index is 0.0632. The maximum Gasteiger partial charge on any atom is 0.216 e. The van der Waals surface area contributed by atoms with Crippen LogP contribution in [0.4, 0.5) is 0 Å². The van der Waals surface area contributed by atoms with E-state index in [0.29, 0.717) is 17.2 Å². The fourth-order valence-corrected chi connectivity index (χ4v) is 3.18. The molecular weight excluding hydrogens is 360 g/mol. The van der Waals surface area contributed by atoms with E-state index < -0.39 is 0 Å². The molecule has 1 aliphatic heterocycles. The largest absolute Gasteiger partial charge is 0.489 e. The molecule has 7 heteroatoms. The van der Waals surface area contributed by atoms with Crippen molar-refractivity contribution in [3.63, 3.8) is 0 Å². The molecule has 0 saturated carbocycles. The SMILES string of the molecule is S=c1[nH]nc(C2CCCO2)n1/N=C\c1ccccc1COc1ccccc1. The summed E-state index contributed by atoms with van der Waals surface area (Å²) in [6, 6.07) is 17.7. The first-order valence-corrected chi connectivity index (χ1v) is 9.31. The Bertz CT molecular complexity index is 975. The summed E-state index contributed by atoms with van der Waals surface area (Å²) in [7, 11) is 0. The highest BCUT2D eigenvalue weighted by molar-refractivity contribution is 7.71. The standard InChI is InChI=1S/C20H20N4O2S/c27-20-23-22-19(18-11-6-12-25-18)24(20)21-13-15-7-4-5-8-16(15)14-26-17-9-2-1-3-10-17/h1-5,7-10,13,18H,6,11-12,14H2,(H,23,27)/b21-13-. The molecule has 3 aromatic rings. The zero-order chi connectivity index (χ0) is 18.5. The van der Waals surface area contributed by atoms with Crippen LogP contribution in [0.3, 0.4) is 0 Å². The predicted molar refractivity (Wildman–Crippen MR) is 106 cm³/mol. The molecule has 6 nitrogen and oxygen atoms in total. The summed E-state index contributed by atoms with van der Waals surface area (Å²) in [6.45, 7) is 1.20. The summed E-state index contributed by atoms with van der Waals surface area (Å²) in [4.78, 5) is 0. The van der Waals surface area contributed by atoms with E-state index in [1.165, 1.54) is 0 Å². The third kappa shape index (κ3) is 4.15. The number of nitrogens with one attached hydrogen (secondary N) is 1. The highest BCUT2D eigenvalue weighted by atomic mass is 32.1. The molecule has 1 saturated heterocycles. The van der Waals surface area contributed by atoms with Crippen molar-refractivity contribution in [3.8, 4) is 5.75 Å². The summed E-state index contributed by atoms with van der Waals surface area (Å²) < 4.78 is 13.7. The van der Waals surface area contributed by atoms with Crippen molar-refractivity contribution in [1.29, 1.82) is 0 Å². The van der Waals surface area contributed by atoms with Crippen molar-refractivity contribution in [1.82, 2.24) is 14.9 Å². The van der Waals surface area contributed by atoms with Crippen LogP contribution in [-0.4, -0.2) is 27.7 Å². The quantitative estimate of drug-likeness (QED) is 0.513. The lowest BCUT2D eigenvalue weighted by Gasteiger charge is -2.09. The molecule has 1 atom stereocenters. The average molecular weight is 380 g/mol. The number of rotatable bonds is 6. The van der Waals surface area contributed by atoms with E-state index in [1.807, 2.05) is 54.6 Å². The van der Waals surface area contributed by atoms with Gasteiger partial charge in [0.05, 0.1) is 6.21 Å².